The molecular weight excluding hydrogens is 536 g/mol. The summed E-state index contributed by atoms with van der Waals surface area (Å²) >= 11 is 1.46. The van der Waals surface area contributed by atoms with E-state index in [9.17, 15) is 9.59 Å². The van der Waals surface area contributed by atoms with Gasteiger partial charge < -0.3 is 19.1 Å². The van der Waals surface area contributed by atoms with Crippen LogP contribution in [0.2, 0.25) is 0 Å². The Morgan fingerprint density at radius 1 is 1.02 bits per heavy atom. The predicted molar refractivity (Wildman–Crippen MR) is 160 cm³/mol. The molecule has 2 amide bonds. The first kappa shape index (κ1) is 27.0. The number of hydrogen-bond donors (Lipinski definition) is 1. The van der Waals surface area contributed by atoms with E-state index in [1.165, 1.54) is 11.3 Å². The number of anilines is 2. The smallest absolute Gasteiger partial charge is 0.274 e. The van der Waals surface area contributed by atoms with E-state index in [1.54, 1.807) is 19.3 Å². The van der Waals surface area contributed by atoms with Gasteiger partial charge in [-0.1, -0.05) is 0 Å². The maximum atomic E-state index is 13.1. The second-order valence-corrected chi connectivity index (χ2v) is 11.4. The number of nitrogens with zero attached hydrogens (tertiary/aromatic N) is 5. The topological polar surface area (TPSA) is 92.6 Å². The number of ether oxygens (including phenoxy) is 1. The molecule has 6 rings (SSSR count). The largest absolute Gasteiger partial charge is 0.490 e. The Morgan fingerprint density at radius 2 is 1.80 bits per heavy atom. The van der Waals surface area contributed by atoms with Crippen molar-refractivity contribution in [3.05, 3.63) is 89.5 Å². The van der Waals surface area contributed by atoms with Gasteiger partial charge in [-0.15, -0.1) is 11.3 Å². The number of pyridine rings is 1. The van der Waals surface area contributed by atoms with Crippen molar-refractivity contribution in [2.75, 3.05) is 29.9 Å². The molecule has 41 heavy (non-hydrogen) atoms. The van der Waals surface area contributed by atoms with Gasteiger partial charge in [0, 0.05) is 75.6 Å². The highest BCUT2D eigenvalue weighted by molar-refractivity contribution is 7.14. The van der Waals surface area contributed by atoms with Crippen LogP contribution in [0.4, 0.5) is 10.8 Å². The molecule has 0 aliphatic carbocycles. The summed E-state index contributed by atoms with van der Waals surface area (Å²) in [5, 5.41) is 5.66. The first-order valence-electron chi connectivity index (χ1n) is 14.1. The van der Waals surface area contributed by atoms with Gasteiger partial charge in [0.15, 0.2) is 5.13 Å². The number of carbonyl (C=O) groups is 2. The van der Waals surface area contributed by atoms with Crippen molar-refractivity contribution >= 4 is 34.0 Å². The monoisotopic (exact) mass is 570 g/mol. The van der Waals surface area contributed by atoms with Crippen LogP contribution in [-0.4, -0.2) is 57.0 Å². The zero-order valence-corrected chi connectivity index (χ0v) is 23.9. The third-order valence-corrected chi connectivity index (χ3v) is 8.64. The van der Waals surface area contributed by atoms with Gasteiger partial charge in [-0.3, -0.25) is 19.9 Å². The second kappa shape index (κ2) is 12.1. The molecule has 2 aliphatic rings. The highest BCUT2D eigenvalue weighted by Crippen LogP contribution is 2.38. The molecular formula is C31H34N6O3S. The van der Waals surface area contributed by atoms with Crippen LogP contribution < -0.4 is 15.0 Å². The van der Waals surface area contributed by atoms with Crippen molar-refractivity contribution in [1.82, 2.24) is 19.4 Å². The highest BCUT2D eigenvalue weighted by Gasteiger charge is 2.29. The van der Waals surface area contributed by atoms with Gasteiger partial charge in [0.2, 0.25) is 5.91 Å². The Morgan fingerprint density at radius 3 is 2.56 bits per heavy atom. The average molecular weight is 571 g/mol. The van der Waals surface area contributed by atoms with Crippen LogP contribution in [0.25, 0.3) is 0 Å². The summed E-state index contributed by atoms with van der Waals surface area (Å²) in [7, 11) is 0. The number of rotatable bonds is 8. The first-order valence-corrected chi connectivity index (χ1v) is 15.0. The van der Waals surface area contributed by atoms with E-state index in [0.717, 1.165) is 68.0 Å². The summed E-state index contributed by atoms with van der Waals surface area (Å²) in [5.74, 6) is 0.823. The van der Waals surface area contributed by atoms with Crippen molar-refractivity contribution in [2.24, 2.45) is 0 Å². The fourth-order valence-corrected chi connectivity index (χ4v) is 6.43. The van der Waals surface area contributed by atoms with Crippen LogP contribution in [0.3, 0.4) is 0 Å². The molecule has 0 bridgehead atoms. The van der Waals surface area contributed by atoms with Crippen LogP contribution >= 0.6 is 11.3 Å². The number of hydrogen-bond acceptors (Lipinski definition) is 7. The Hall–Kier alpha value is -4.18. The number of carbonyl (C=O) groups excluding carboxylic acids is 2. The van der Waals surface area contributed by atoms with Crippen LogP contribution in [0.1, 0.15) is 60.4 Å². The average Bonchev–Trinajstić information content (AvgIpc) is 3.76. The van der Waals surface area contributed by atoms with Gasteiger partial charge in [0.25, 0.3) is 5.91 Å². The zero-order valence-electron chi connectivity index (χ0n) is 23.1. The third kappa shape index (κ3) is 6.27. The maximum absolute atomic E-state index is 13.1. The fraction of sp³-hybridized carbons (Fsp3) is 0.355. The minimum Gasteiger partial charge on any atom is -0.490 e. The van der Waals surface area contributed by atoms with Crippen LogP contribution in [0.15, 0.2) is 72.5 Å². The second-order valence-electron chi connectivity index (χ2n) is 10.6. The number of thiazole rings is 1. The predicted octanol–water partition coefficient (Wildman–Crippen LogP) is 5.37. The Balaban J connectivity index is 1.07. The van der Waals surface area contributed by atoms with E-state index in [4.69, 9.17) is 9.72 Å². The molecule has 1 atom stereocenters. The molecule has 1 unspecified atom stereocenters. The molecule has 0 radical (unpaired) electrons. The van der Waals surface area contributed by atoms with Crippen LogP contribution in [-0.2, 0) is 11.3 Å². The van der Waals surface area contributed by atoms with Gasteiger partial charge >= 0.3 is 0 Å². The van der Waals surface area contributed by atoms with E-state index in [2.05, 4.69) is 32.7 Å². The molecule has 2 aliphatic heterocycles. The quantitative estimate of drug-likeness (QED) is 0.306. The SMILES string of the molecule is CC(=O)N1CCC(Oc2ccc(N3CCCC3c3csc(NC(=O)c4cccn4Cc4ccncc4)n3)cc2)CC1. The molecule has 1 N–H and O–H groups in total. The van der Waals surface area contributed by atoms with Gasteiger partial charge in [-0.2, -0.15) is 0 Å². The Bertz CT molecular complexity index is 1480. The molecule has 0 saturated carbocycles. The van der Waals surface area contributed by atoms with Crippen molar-refractivity contribution in [3.8, 4) is 5.75 Å². The van der Waals surface area contributed by atoms with Crippen molar-refractivity contribution < 1.29 is 14.3 Å². The maximum Gasteiger partial charge on any atom is 0.274 e. The highest BCUT2D eigenvalue weighted by atomic mass is 32.1. The summed E-state index contributed by atoms with van der Waals surface area (Å²) in [6, 6.07) is 16.1. The molecule has 4 aromatic rings. The standard InChI is InChI=1S/C31H34N6O3S/c1-22(38)35-18-12-26(13-19-35)40-25-8-6-24(7-9-25)37-17-3-4-28(37)27-21-41-31(33-27)34-30(39)29-5-2-16-36(29)20-23-10-14-32-15-11-23/h2,5-11,14-16,21,26,28H,3-4,12-13,17-20H2,1H3,(H,33,34,39). The number of piperidine rings is 1. The van der Waals surface area contributed by atoms with E-state index >= 15 is 0 Å². The van der Waals surface area contributed by atoms with E-state index in [0.29, 0.717) is 17.4 Å². The minimum atomic E-state index is -0.171. The van der Waals surface area contributed by atoms with Gasteiger partial charge in [0.05, 0.1) is 11.7 Å². The van der Waals surface area contributed by atoms with E-state index < -0.39 is 0 Å². The molecule has 10 heteroatoms. The molecule has 5 heterocycles. The minimum absolute atomic E-state index is 0.134. The Kier molecular flexibility index (Phi) is 8.00. The Labute approximate surface area is 243 Å². The van der Waals surface area contributed by atoms with Gasteiger partial charge in [-0.05, 0) is 66.9 Å². The van der Waals surface area contributed by atoms with Gasteiger partial charge in [0.1, 0.15) is 17.5 Å². The number of nitrogens with one attached hydrogen (secondary N) is 1. The summed E-state index contributed by atoms with van der Waals surface area (Å²) in [4.78, 5) is 37.8. The number of aromatic nitrogens is 3. The first-order chi connectivity index (χ1) is 20.0. The summed E-state index contributed by atoms with van der Waals surface area (Å²) in [6.45, 7) is 4.68. The van der Waals surface area contributed by atoms with Crippen LogP contribution in [0.5, 0.6) is 5.75 Å². The molecule has 3 aromatic heterocycles. The third-order valence-electron chi connectivity index (χ3n) is 7.86. The lowest BCUT2D eigenvalue weighted by atomic mass is 10.1. The number of benzene rings is 1. The van der Waals surface area contributed by atoms with E-state index in [-0.39, 0.29) is 24.0 Å². The normalized spacial score (nSPS) is 17.5. The summed E-state index contributed by atoms with van der Waals surface area (Å²) < 4.78 is 8.14. The van der Waals surface area contributed by atoms with Crippen molar-refractivity contribution in [2.45, 2.75) is 51.3 Å². The molecule has 9 nitrogen and oxygen atoms in total. The molecule has 2 fully saturated rings. The van der Waals surface area contributed by atoms with E-state index in [1.807, 2.05) is 52.1 Å². The molecule has 0 spiro atoms. The van der Waals surface area contributed by atoms with Crippen LogP contribution in [0, 0.1) is 0 Å². The number of likely N-dealkylation sites (tertiary alicyclic amines) is 1. The lowest BCUT2D eigenvalue weighted by Gasteiger charge is -2.31. The van der Waals surface area contributed by atoms with Gasteiger partial charge in [-0.25, -0.2) is 4.98 Å². The number of amides is 2. The lowest BCUT2D eigenvalue weighted by Crippen LogP contribution is -2.40. The van der Waals surface area contributed by atoms with Crippen molar-refractivity contribution in [3.63, 3.8) is 0 Å². The summed E-state index contributed by atoms with van der Waals surface area (Å²) in [5.41, 5.74) is 3.79. The molecule has 212 valence electrons. The summed E-state index contributed by atoms with van der Waals surface area (Å²) in [6.07, 6.45) is 9.37. The molecule has 2 saturated heterocycles. The lowest BCUT2D eigenvalue weighted by molar-refractivity contribution is -0.130. The van der Waals surface area contributed by atoms with Crippen molar-refractivity contribution in [1.29, 1.82) is 0 Å². The zero-order chi connectivity index (χ0) is 28.2. The molecule has 1 aromatic carbocycles. The fourth-order valence-electron chi connectivity index (χ4n) is 5.68.